The van der Waals surface area contributed by atoms with Crippen LogP contribution in [-0.2, 0) is 0 Å². The van der Waals surface area contributed by atoms with Gasteiger partial charge in [-0.05, 0) is 24.3 Å². The summed E-state index contributed by atoms with van der Waals surface area (Å²) in [5, 5.41) is 3.90. The smallest absolute Gasteiger partial charge is 0.341 e. The lowest BCUT2D eigenvalue weighted by Gasteiger charge is -1.96. The molecule has 0 spiro atoms. The van der Waals surface area contributed by atoms with Gasteiger partial charge in [-0.1, -0.05) is 0 Å². The van der Waals surface area contributed by atoms with E-state index in [0.29, 0.717) is 11.3 Å². The van der Waals surface area contributed by atoms with Crippen molar-refractivity contribution in [2.45, 2.75) is 0 Å². The van der Waals surface area contributed by atoms with Crippen molar-refractivity contribution in [1.29, 1.82) is 0 Å². The van der Waals surface area contributed by atoms with E-state index in [0.717, 1.165) is 4.68 Å². The summed E-state index contributed by atoms with van der Waals surface area (Å²) in [4.78, 5) is 10.9. The maximum Gasteiger partial charge on any atom is 0.341 e. The minimum Gasteiger partial charge on any atom is -0.383 e. The monoisotopic (exact) mass is 220 g/mol. The molecule has 5 nitrogen and oxygen atoms in total. The molecule has 2 rings (SSSR count). The number of rotatable bonds is 1. The van der Waals surface area contributed by atoms with Gasteiger partial charge in [-0.2, -0.15) is 9.78 Å². The fourth-order valence-corrected chi connectivity index (χ4v) is 1.33. The molecule has 0 aliphatic heterocycles. The van der Waals surface area contributed by atoms with E-state index in [-0.39, 0.29) is 11.6 Å². The van der Waals surface area contributed by atoms with E-state index in [4.69, 9.17) is 11.5 Å². The molecular weight excluding hydrogens is 211 g/mol. The number of carbonyl (C=O) groups is 1. The number of halogens is 1. The molecule has 1 amide bonds. The first-order chi connectivity index (χ1) is 7.58. The van der Waals surface area contributed by atoms with Gasteiger partial charge >= 0.3 is 6.03 Å². The van der Waals surface area contributed by atoms with Crippen LogP contribution in [0.4, 0.5) is 15.0 Å². The second-order valence-electron chi connectivity index (χ2n) is 3.21. The van der Waals surface area contributed by atoms with Crippen LogP contribution in [0.3, 0.4) is 0 Å². The normalized spacial score (nSPS) is 10.3. The largest absolute Gasteiger partial charge is 0.383 e. The number of aromatic nitrogens is 2. The lowest BCUT2D eigenvalue weighted by molar-refractivity contribution is 0.248. The average molecular weight is 220 g/mol. The highest BCUT2D eigenvalue weighted by molar-refractivity contribution is 5.79. The van der Waals surface area contributed by atoms with Crippen molar-refractivity contribution in [2.24, 2.45) is 5.73 Å². The summed E-state index contributed by atoms with van der Waals surface area (Å²) >= 11 is 0. The highest BCUT2D eigenvalue weighted by Gasteiger charge is 2.10. The average Bonchev–Trinajstić information content (AvgIpc) is 2.61. The molecule has 0 atom stereocenters. The highest BCUT2D eigenvalue weighted by Crippen LogP contribution is 2.20. The van der Waals surface area contributed by atoms with E-state index in [1.807, 2.05) is 0 Å². The van der Waals surface area contributed by atoms with Crippen molar-refractivity contribution in [3.63, 3.8) is 0 Å². The van der Waals surface area contributed by atoms with Gasteiger partial charge in [0, 0.05) is 11.6 Å². The van der Waals surface area contributed by atoms with Crippen molar-refractivity contribution in [3.05, 3.63) is 36.1 Å². The molecule has 16 heavy (non-hydrogen) atoms. The Balaban J connectivity index is 2.45. The SMILES string of the molecule is NC(=O)n1nc(-c2ccc(F)cc2)cc1N. The van der Waals surface area contributed by atoms with Gasteiger partial charge in [0.15, 0.2) is 0 Å². The van der Waals surface area contributed by atoms with Crippen LogP contribution in [0.25, 0.3) is 11.3 Å². The molecule has 1 aromatic heterocycles. The van der Waals surface area contributed by atoms with E-state index >= 15 is 0 Å². The predicted octanol–water partition coefficient (Wildman–Crippen LogP) is 1.20. The summed E-state index contributed by atoms with van der Waals surface area (Å²) < 4.78 is 13.6. The fourth-order valence-electron chi connectivity index (χ4n) is 1.33. The Kier molecular flexibility index (Phi) is 2.32. The second-order valence-corrected chi connectivity index (χ2v) is 3.21. The second kappa shape index (κ2) is 3.65. The Morgan fingerprint density at radius 1 is 1.31 bits per heavy atom. The van der Waals surface area contributed by atoms with Gasteiger partial charge in [0.1, 0.15) is 11.6 Å². The van der Waals surface area contributed by atoms with Gasteiger partial charge in [-0.3, -0.25) is 0 Å². The fraction of sp³-hybridized carbons (Fsp3) is 0. The first-order valence-corrected chi connectivity index (χ1v) is 4.49. The zero-order chi connectivity index (χ0) is 11.7. The number of nitrogens with two attached hydrogens (primary N) is 2. The predicted molar refractivity (Wildman–Crippen MR) is 57.0 cm³/mol. The minimum absolute atomic E-state index is 0.145. The summed E-state index contributed by atoms with van der Waals surface area (Å²) in [6.45, 7) is 0. The Hall–Kier alpha value is -2.37. The highest BCUT2D eigenvalue weighted by atomic mass is 19.1. The van der Waals surface area contributed by atoms with Gasteiger partial charge in [0.05, 0.1) is 5.69 Å². The molecule has 0 bridgehead atoms. The van der Waals surface area contributed by atoms with Crippen LogP contribution in [0.5, 0.6) is 0 Å². The molecule has 0 saturated heterocycles. The molecule has 0 aliphatic rings. The summed E-state index contributed by atoms with van der Waals surface area (Å²) in [7, 11) is 0. The van der Waals surface area contributed by atoms with Crippen molar-refractivity contribution in [1.82, 2.24) is 9.78 Å². The summed E-state index contributed by atoms with van der Waals surface area (Å²) in [5.41, 5.74) is 11.7. The zero-order valence-electron chi connectivity index (χ0n) is 8.22. The molecule has 0 fully saturated rings. The molecule has 2 aromatic rings. The van der Waals surface area contributed by atoms with Crippen LogP contribution in [0.15, 0.2) is 30.3 Å². The molecule has 0 unspecified atom stereocenters. The molecule has 0 saturated carbocycles. The maximum absolute atomic E-state index is 12.7. The molecular formula is C10H9FN4O. The number of carbonyl (C=O) groups excluding carboxylic acids is 1. The molecule has 1 aromatic carbocycles. The van der Waals surface area contributed by atoms with Crippen LogP contribution in [0.1, 0.15) is 0 Å². The number of nitrogen functional groups attached to an aromatic ring is 1. The van der Waals surface area contributed by atoms with Gasteiger partial charge in [-0.25, -0.2) is 9.18 Å². The number of hydrogen-bond acceptors (Lipinski definition) is 3. The Bertz CT molecular complexity index is 532. The lowest BCUT2D eigenvalue weighted by atomic mass is 10.1. The van der Waals surface area contributed by atoms with Crippen molar-refractivity contribution < 1.29 is 9.18 Å². The van der Waals surface area contributed by atoms with Crippen molar-refractivity contribution >= 4 is 11.8 Å². The summed E-state index contributed by atoms with van der Waals surface area (Å²) in [6, 6.07) is 6.43. The standard InChI is InChI=1S/C10H9FN4O/c11-7-3-1-6(2-4-7)8-5-9(12)15(14-8)10(13)16/h1-5H,12H2,(H2,13,16). The first-order valence-electron chi connectivity index (χ1n) is 4.49. The van der Waals surface area contributed by atoms with Crippen LogP contribution in [-0.4, -0.2) is 15.8 Å². The molecule has 82 valence electrons. The maximum atomic E-state index is 12.7. The van der Waals surface area contributed by atoms with E-state index in [1.54, 1.807) is 12.1 Å². The van der Waals surface area contributed by atoms with Gasteiger partial charge < -0.3 is 11.5 Å². The van der Waals surface area contributed by atoms with Crippen LogP contribution >= 0.6 is 0 Å². The lowest BCUT2D eigenvalue weighted by Crippen LogP contribution is -2.22. The summed E-state index contributed by atoms with van der Waals surface area (Å²) in [5.74, 6) is -0.196. The zero-order valence-corrected chi connectivity index (χ0v) is 8.22. The van der Waals surface area contributed by atoms with Crippen LogP contribution in [0, 0.1) is 5.82 Å². The molecule has 1 heterocycles. The molecule has 0 radical (unpaired) electrons. The third-order valence-corrected chi connectivity index (χ3v) is 2.09. The van der Waals surface area contributed by atoms with Crippen molar-refractivity contribution in [2.75, 3.05) is 5.73 Å². The molecule has 6 heteroatoms. The van der Waals surface area contributed by atoms with Gasteiger partial charge in [0.25, 0.3) is 0 Å². The Morgan fingerprint density at radius 2 is 1.94 bits per heavy atom. The molecule has 0 aliphatic carbocycles. The van der Waals surface area contributed by atoms with Crippen LogP contribution in [0.2, 0.25) is 0 Å². The number of hydrogen-bond donors (Lipinski definition) is 2. The number of primary amides is 1. The number of nitrogens with zero attached hydrogens (tertiary/aromatic N) is 2. The third kappa shape index (κ3) is 1.72. The van der Waals surface area contributed by atoms with E-state index in [9.17, 15) is 9.18 Å². The minimum atomic E-state index is -0.758. The summed E-state index contributed by atoms with van der Waals surface area (Å²) in [6.07, 6.45) is 0. The quantitative estimate of drug-likeness (QED) is 0.756. The number of amides is 1. The number of anilines is 1. The topological polar surface area (TPSA) is 86.9 Å². The molecule has 4 N–H and O–H groups in total. The first kappa shape index (κ1) is 10.2. The Labute approximate surface area is 90.5 Å². The van der Waals surface area contributed by atoms with Gasteiger partial charge in [-0.15, -0.1) is 0 Å². The van der Waals surface area contributed by atoms with E-state index in [2.05, 4.69) is 5.10 Å². The Morgan fingerprint density at radius 3 is 2.44 bits per heavy atom. The number of benzene rings is 1. The van der Waals surface area contributed by atoms with Crippen molar-refractivity contribution in [3.8, 4) is 11.3 Å². The van der Waals surface area contributed by atoms with Gasteiger partial charge in [0.2, 0.25) is 0 Å². The van der Waals surface area contributed by atoms with E-state index in [1.165, 1.54) is 18.2 Å². The third-order valence-electron chi connectivity index (χ3n) is 2.09. The van der Waals surface area contributed by atoms with Crippen LogP contribution < -0.4 is 11.5 Å². The van der Waals surface area contributed by atoms with E-state index < -0.39 is 6.03 Å².